The molecule has 1 atom stereocenters. The summed E-state index contributed by atoms with van der Waals surface area (Å²) in [6, 6.07) is 27.6. The predicted molar refractivity (Wildman–Crippen MR) is 165 cm³/mol. The van der Waals surface area contributed by atoms with Crippen LogP contribution in [0.2, 0.25) is 0 Å². The monoisotopic (exact) mass is 629 g/mol. The van der Waals surface area contributed by atoms with Gasteiger partial charge >= 0.3 is 18.1 Å². The van der Waals surface area contributed by atoms with Crippen molar-refractivity contribution >= 4 is 22.8 Å². The van der Waals surface area contributed by atoms with E-state index in [1.165, 1.54) is 19.2 Å². The number of benzene rings is 4. The first kappa shape index (κ1) is 32.0. The number of ether oxygens (including phenoxy) is 2. The Labute approximate surface area is 263 Å². The summed E-state index contributed by atoms with van der Waals surface area (Å²) < 4.78 is 52.6. The first-order valence-corrected chi connectivity index (χ1v) is 14.5. The molecule has 0 bridgehead atoms. The molecule has 0 radical (unpaired) electrons. The zero-order valence-corrected chi connectivity index (χ0v) is 25.0. The zero-order valence-electron chi connectivity index (χ0n) is 25.0. The maximum atomic E-state index is 13.9. The van der Waals surface area contributed by atoms with Gasteiger partial charge in [-0.3, -0.25) is 14.7 Å². The Balaban J connectivity index is 1.35. The van der Waals surface area contributed by atoms with Crippen LogP contribution in [0.1, 0.15) is 42.5 Å². The van der Waals surface area contributed by atoms with E-state index in [-0.39, 0.29) is 24.3 Å². The number of halogens is 3. The molecule has 0 N–H and O–H groups in total. The van der Waals surface area contributed by atoms with Crippen molar-refractivity contribution < 1.29 is 42.0 Å². The summed E-state index contributed by atoms with van der Waals surface area (Å²) in [5.41, 5.74) is 3.13. The predicted octanol–water partition coefficient (Wildman–Crippen LogP) is 8.27. The Kier molecular flexibility index (Phi) is 9.85. The topological polar surface area (TPSA) is 84.0 Å². The highest BCUT2D eigenvalue weighted by molar-refractivity contribution is 5.98. The van der Waals surface area contributed by atoms with Gasteiger partial charge in [-0.05, 0) is 77.1 Å². The number of nitrogens with zero attached hydrogens (tertiary/aromatic N) is 1. The third-order valence-electron chi connectivity index (χ3n) is 7.13. The normalized spacial score (nSPS) is 11.9. The Hall–Kier alpha value is -5.38. The molecule has 4 aromatic carbocycles. The van der Waals surface area contributed by atoms with Crippen molar-refractivity contribution in [2.45, 2.75) is 45.6 Å². The van der Waals surface area contributed by atoms with Gasteiger partial charge in [-0.15, -0.1) is 0 Å². The van der Waals surface area contributed by atoms with E-state index in [0.29, 0.717) is 23.1 Å². The lowest BCUT2D eigenvalue weighted by Gasteiger charge is -2.17. The van der Waals surface area contributed by atoms with Crippen LogP contribution in [0.15, 0.2) is 103 Å². The zero-order chi connectivity index (χ0) is 32.7. The SMILES string of the molecule is CCC(OC(C)=O)C(=O)OOc1ccc(OCc2cccc(-c3c(Cc4ccccc4)cnc4c(C(F)(F)F)cccc34)c2)cc1. The molecule has 0 aliphatic heterocycles. The lowest BCUT2D eigenvalue weighted by Crippen LogP contribution is -2.28. The molecule has 0 aliphatic rings. The van der Waals surface area contributed by atoms with Crippen LogP contribution in [0.4, 0.5) is 13.2 Å². The summed E-state index contributed by atoms with van der Waals surface area (Å²) in [6.07, 6.45) is -3.37. The minimum atomic E-state index is -4.55. The number of aromatic nitrogens is 1. The van der Waals surface area contributed by atoms with E-state index in [1.807, 2.05) is 54.6 Å². The van der Waals surface area contributed by atoms with E-state index in [1.54, 1.807) is 37.3 Å². The second-order valence-electron chi connectivity index (χ2n) is 10.5. The van der Waals surface area contributed by atoms with Crippen LogP contribution in [0.5, 0.6) is 11.5 Å². The maximum Gasteiger partial charge on any atom is 0.418 e. The lowest BCUT2D eigenvalue weighted by atomic mass is 9.91. The third kappa shape index (κ3) is 7.82. The molecule has 5 rings (SSSR count). The van der Waals surface area contributed by atoms with Crippen LogP contribution < -0.4 is 9.62 Å². The smallest absolute Gasteiger partial charge is 0.418 e. The van der Waals surface area contributed by atoms with Gasteiger partial charge in [-0.2, -0.15) is 13.2 Å². The largest absolute Gasteiger partial charge is 0.489 e. The van der Waals surface area contributed by atoms with Gasteiger partial charge < -0.3 is 9.47 Å². The highest BCUT2D eigenvalue weighted by Gasteiger charge is 2.33. The minimum Gasteiger partial charge on any atom is -0.489 e. The number of rotatable bonds is 11. The molecule has 7 nitrogen and oxygen atoms in total. The van der Waals surface area contributed by atoms with Gasteiger partial charge in [0.2, 0.25) is 6.10 Å². The second kappa shape index (κ2) is 14.2. The van der Waals surface area contributed by atoms with E-state index in [4.69, 9.17) is 19.2 Å². The number of para-hydroxylation sites is 1. The summed E-state index contributed by atoms with van der Waals surface area (Å²) >= 11 is 0. The standard InChI is InChI=1S/C36H30F3NO6/c1-3-32(44-23(2)41)35(42)46-45-29-17-15-28(16-18-29)43-22-25-11-7-12-26(20-25)33-27(19-24-9-5-4-6-10-24)21-40-34-30(33)13-8-14-31(34)36(37,38)39/h4-18,20-21,32H,3,19,22H2,1-2H3. The van der Waals surface area contributed by atoms with E-state index < -0.39 is 29.8 Å². The first-order chi connectivity index (χ1) is 22.1. The van der Waals surface area contributed by atoms with E-state index in [9.17, 15) is 22.8 Å². The Morgan fingerprint density at radius 3 is 2.24 bits per heavy atom. The summed E-state index contributed by atoms with van der Waals surface area (Å²) in [4.78, 5) is 37.3. The summed E-state index contributed by atoms with van der Waals surface area (Å²) in [5.74, 6) is -0.701. The van der Waals surface area contributed by atoms with E-state index in [0.717, 1.165) is 28.3 Å². The van der Waals surface area contributed by atoms with E-state index in [2.05, 4.69) is 4.98 Å². The Morgan fingerprint density at radius 1 is 0.848 bits per heavy atom. The highest BCUT2D eigenvalue weighted by atomic mass is 19.4. The molecule has 0 saturated heterocycles. The van der Waals surface area contributed by atoms with Gasteiger partial charge in [0.25, 0.3) is 0 Å². The van der Waals surface area contributed by atoms with Gasteiger partial charge in [-0.25, -0.2) is 9.68 Å². The van der Waals surface area contributed by atoms with Crippen molar-refractivity contribution in [2.75, 3.05) is 0 Å². The average molecular weight is 630 g/mol. The fourth-order valence-electron chi connectivity index (χ4n) is 5.00. The van der Waals surface area contributed by atoms with Crippen molar-refractivity contribution in [1.82, 2.24) is 4.98 Å². The molecule has 1 unspecified atom stereocenters. The molecule has 0 aliphatic carbocycles. The summed E-state index contributed by atoms with van der Waals surface area (Å²) in [7, 11) is 0. The molecule has 0 spiro atoms. The van der Waals surface area contributed by atoms with Crippen LogP contribution in [0.25, 0.3) is 22.0 Å². The molecule has 0 amide bonds. The number of alkyl halides is 3. The van der Waals surface area contributed by atoms with E-state index >= 15 is 0 Å². The van der Waals surface area contributed by atoms with Crippen LogP contribution in [0, 0.1) is 0 Å². The molecule has 1 heterocycles. The van der Waals surface area contributed by atoms with Crippen molar-refractivity contribution in [2.24, 2.45) is 0 Å². The number of fused-ring (bicyclic) bond motifs is 1. The molecular weight excluding hydrogens is 599 g/mol. The first-order valence-electron chi connectivity index (χ1n) is 14.5. The van der Waals surface area contributed by atoms with Gasteiger partial charge in [0.05, 0.1) is 11.1 Å². The van der Waals surface area contributed by atoms with Crippen LogP contribution in [-0.4, -0.2) is 23.0 Å². The van der Waals surface area contributed by atoms with Gasteiger partial charge in [0, 0.05) is 18.5 Å². The Morgan fingerprint density at radius 2 is 1.54 bits per heavy atom. The van der Waals surface area contributed by atoms with Crippen molar-refractivity contribution in [3.05, 3.63) is 126 Å². The molecule has 46 heavy (non-hydrogen) atoms. The molecular formula is C36H30F3NO6. The highest BCUT2D eigenvalue weighted by Crippen LogP contribution is 2.39. The van der Waals surface area contributed by atoms with Crippen molar-refractivity contribution in [3.63, 3.8) is 0 Å². The number of esters is 1. The number of carbonyl (C=O) groups excluding carboxylic acids is 2. The summed E-state index contributed by atoms with van der Waals surface area (Å²) in [5, 5.41) is 0.413. The Bertz CT molecular complexity index is 1820. The number of hydrogen-bond acceptors (Lipinski definition) is 7. The van der Waals surface area contributed by atoms with Gasteiger partial charge in [0.15, 0.2) is 5.75 Å². The average Bonchev–Trinajstić information content (AvgIpc) is 3.05. The minimum absolute atomic E-state index is 0.104. The van der Waals surface area contributed by atoms with Crippen LogP contribution >= 0.6 is 0 Å². The van der Waals surface area contributed by atoms with Crippen LogP contribution in [-0.2, 0) is 38.4 Å². The molecule has 10 heteroatoms. The molecule has 0 fully saturated rings. The lowest BCUT2D eigenvalue weighted by molar-refractivity contribution is -0.225. The quantitative estimate of drug-likeness (QED) is 0.0826. The van der Waals surface area contributed by atoms with Crippen molar-refractivity contribution in [1.29, 1.82) is 0 Å². The number of hydrogen-bond donors (Lipinski definition) is 0. The number of pyridine rings is 1. The fourth-order valence-corrected chi connectivity index (χ4v) is 5.00. The van der Waals surface area contributed by atoms with Gasteiger partial charge in [0.1, 0.15) is 12.4 Å². The molecule has 0 saturated carbocycles. The summed E-state index contributed by atoms with van der Waals surface area (Å²) in [6.45, 7) is 3.04. The number of carbonyl (C=O) groups is 2. The van der Waals surface area contributed by atoms with Crippen molar-refractivity contribution in [3.8, 4) is 22.6 Å². The third-order valence-corrected chi connectivity index (χ3v) is 7.13. The molecule has 1 aromatic heterocycles. The van der Waals surface area contributed by atoms with Crippen LogP contribution in [0.3, 0.4) is 0 Å². The molecule has 236 valence electrons. The molecule has 5 aromatic rings. The second-order valence-corrected chi connectivity index (χ2v) is 10.5. The van der Waals surface area contributed by atoms with Gasteiger partial charge in [-0.1, -0.05) is 67.6 Å². The maximum absolute atomic E-state index is 13.9. The fraction of sp³-hybridized carbons (Fsp3) is 0.194.